The first-order valence-corrected chi connectivity index (χ1v) is 12.8. The largest absolute Gasteiger partial charge is 0.465 e. The molecule has 8 heteroatoms. The fourth-order valence-electron chi connectivity index (χ4n) is 4.73. The van der Waals surface area contributed by atoms with Crippen LogP contribution in [0.1, 0.15) is 46.3 Å². The molecule has 2 aromatic carbocycles. The number of carbonyl (C=O) groups is 2. The third-order valence-electron chi connectivity index (χ3n) is 6.68. The molecule has 1 saturated heterocycles. The first-order valence-electron chi connectivity index (χ1n) is 11.3. The maximum atomic E-state index is 13.1. The molecular weight excluding hydrogens is 440 g/mol. The summed E-state index contributed by atoms with van der Waals surface area (Å²) in [6.07, 6.45) is 4.05. The van der Waals surface area contributed by atoms with E-state index in [1.165, 1.54) is 17.0 Å². The molecule has 176 valence electrons. The Kier molecular flexibility index (Phi) is 6.86. The summed E-state index contributed by atoms with van der Waals surface area (Å²) in [6.45, 7) is 1.11. The van der Waals surface area contributed by atoms with Crippen LogP contribution in [0.4, 0.5) is 0 Å². The Morgan fingerprint density at radius 2 is 1.70 bits per heavy atom. The van der Waals surface area contributed by atoms with Gasteiger partial charge in [-0.15, -0.1) is 0 Å². The smallest absolute Gasteiger partial charge is 0.337 e. The van der Waals surface area contributed by atoms with E-state index in [4.69, 9.17) is 4.74 Å². The number of methoxy groups -OCH3 is 1. The van der Waals surface area contributed by atoms with Crippen LogP contribution < -0.4 is 0 Å². The zero-order chi connectivity index (χ0) is 23.6. The molecule has 0 N–H and O–H groups in total. The van der Waals surface area contributed by atoms with E-state index in [2.05, 4.69) is 0 Å². The Balaban J connectivity index is 1.34. The lowest BCUT2D eigenvalue weighted by atomic mass is 9.96. The number of carbonyl (C=O) groups excluding carboxylic acids is 2. The number of aryl methyl sites for hydroxylation is 2. The second-order valence-electron chi connectivity index (χ2n) is 8.85. The third-order valence-corrected chi connectivity index (χ3v) is 8.58. The molecule has 1 amide bonds. The normalized spacial score (nSPS) is 16.9. The average Bonchev–Trinajstić information content (AvgIpc) is 3.31. The van der Waals surface area contributed by atoms with Gasteiger partial charge in [0.1, 0.15) is 0 Å². The molecule has 0 spiro atoms. The second-order valence-corrected chi connectivity index (χ2v) is 10.8. The SMILES string of the molecule is COC(=O)c1ccc(CN(C)C(=O)C2CCN(S(=O)(=O)c3ccc4c(c3)CCC4)CC2)cc1. The molecule has 1 fully saturated rings. The van der Waals surface area contributed by atoms with Gasteiger partial charge in [-0.25, -0.2) is 13.2 Å². The van der Waals surface area contributed by atoms with Crippen LogP contribution in [0.15, 0.2) is 47.4 Å². The summed E-state index contributed by atoms with van der Waals surface area (Å²) < 4.78 is 32.5. The summed E-state index contributed by atoms with van der Waals surface area (Å²) in [5.74, 6) is -0.579. The molecule has 1 aliphatic heterocycles. The number of hydrogen-bond acceptors (Lipinski definition) is 5. The molecule has 1 aliphatic carbocycles. The number of esters is 1. The average molecular weight is 471 g/mol. The predicted octanol–water partition coefficient (Wildman–Crippen LogP) is 3.02. The molecule has 4 rings (SSSR count). The van der Waals surface area contributed by atoms with Crippen LogP contribution >= 0.6 is 0 Å². The van der Waals surface area contributed by atoms with Crippen molar-refractivity contribution in [3.8, 4) is 0 Å². The lowest BCUT2D eigenvalue weighted by molar-refractivity contribution is -0.135. The Labute approximate surface area is 195 Å². The van der Waals surface area contributed by atoms with E-state index in [0.29, 0.717) is 42.9 Å². The number of benzene rings is 2. The van der Waals surface area contributed by atoms with Gasteiger partial charge in [0, 0.05) is 32.6 Å². The summed E-state index contributed by atoms with van der Waals surface area (Å²) in [4.78, 5) is 26.6. The molecule has 0 saturated carbocycles. The van der Waals surface area contributed by atoms with E-state index in [9.17, 15) is 18.0 Å². The quantitative estimate of drug-likeness (QED) is 0.606. The van der Waals surface area contributed by atoms with E-state index in [-0.39, 0.29) is 11.8 Å². The number of sulfonamides is 1. The number of rotatable bonds is 6. The number of nitrogens with zero attached hydrogens (tertiary/aromatic N) is 2. The molecule has 33 heavy (non-hydrogen) atoms. The fraction of sp³-hybridized carbons (Fsp3) is 0.440. The highest BCUT2D eigenvalue weighted by atomic mass is 32.2. The molecule has 2 aliphatic rings. The van der Waals surface area contributed by atoms with Crippen molar-refractivity contribution in [3.63, 3.8) is 0 Å². The minimum Gasteiger partial charge on any atom is -0.465 e. The summed E-state index contributed by atoms with van der Waals surface area (Å²) in [5.41, 5.74) is 3.77. The van der Waals surface area contributed by atoms with Crippen molar-refractivity contribution in [1.29, 1.82) is 0 Å². The Bertz CT molecular complexity index is 1140. The number of amides is 1. The van der Waals surface area contributed by atoms with Gasteiger partial charge in [-0.3, -0.25) is 4.79 Å². The van der Waals surface area contributed by atoms with Crippen molar-refractivity contribution in [2.45, 2.75) is 43.5 Å². The number of piperidine rings is 1. The maximum Gasteiger partial charge on any atom is 0.337 e. The van der Waals surface area contributed by atoms with E-state index >= 15 is 0 Å². The van der Waals surface area contributed by atoms with Gasteiger partial charge in [-0.2, -0.15) is 4.31 Å². The number of ether oxygens (including phenoxy) is 1. The first-order chi connectivity index (χ1) is 15.8. The minimum atomic E-state index is -3.54. The highest BCUT2D eigenvalue weighted by Gasteiger charge is 2.33. The molecule has 0 aromatic heterocycles. The summed E-state index contributed by atoms with van der Waals surface area (Å²) >= 11 is 0. The molecule has 0 bridgehead atoms. The Hall–Kier alpha value is -2.71. The number of fused-ring (bicyclic) bond motifs is 1. The van der Waals surface area contributed by atoms with Crippen LogP contribution in [0.25, 0.3) is 0 Å². The summed E-state index contributed by atoms with van der Waals surface area (Å²) in [5, 5.41) is 0. The fourth-order valence-corrected chi connectivity index (χ4v) is 6.25. The molecule has 0 atom stereocenters. The molecule has 1 heterocycles. The lowest BCUT2D eigenvalue weighted by Gasteiger charge is -2.32. The summed E-state index contributed by atoms with van der Waals surface area (Å²) in [6, 6.07) is 12.5. The lowest BCUT2D eigenvalue weighted by Crippen LogP contribution is -2.43. The van der Waals surface area contributed by atoms with Crippen LogP contribution in [0.2, 0.25) is 0 Å². The van der Waals surface area contributed by atoms with Gasteiger partial charge in [0.15, 0.2) is 0 Å². The Morgan fingerprint density at radius 3 is 2.36 bits per heavy atom. The van der Waals surface area contributed by atoms with Crippen LogP contribution in [-0.4, -0.2) is 56.7 Å². The monoisotopic (exact) mass is 470 g/mol. The molecule has 0 unspecified atom stereocenters. The number of hydrogen-bond donors (Lipinski definition) is 0. The van der Waals surface area contributed by atoms with Crippen LogP contribution in [0.3, 0.4) is 0 Å². The van der Waals surface area contributed by atoms with Crippen molar-refractivity contribution in [3.05, 3.63) is 64.7 Å². The van der Waals surface area contributed by atoms with Gasteiger partial charge in [-0.05, 0) is 73.1 Å². The predicted molar refractivity (Wildman–Crippen MR) is 124 cm³/mol. The van der Waals surface area contributed by atoms with Crippen molar-refractivity contribution in [2.75, 3.05) is 27.2 Å². The first kappa shape index (κ1) is 23.4. The minimum absolute atomic E-state index is 0.0154. The Morgan fingerprint density at radius 1 is 1.03 bits per heavy atom. The van der Waals surface area contributed by atoms with Gasteiger partial charge >= 0.3 is 5.97 Å². The van der Waals surface area contributed by atoms with Gasteiger partial charge in [0.25, 0.3) is 0 Å². The maximum absolute atomic E-state index is 13.1. The van der Waals surface area contributed by atoms with Crippen LogP contribution in [-0.2, 0) is 38.9 Å². The van der Waals surface area contributed by atoms with Gasteiger partial charge < -0.3 is 9.64 Å². The second kappa shape index (κ2) is 9.65. The molecule has 0 radical (unpaired) electrons. The zero-order valence-electron chi connectivity index (χ0n) is 19.1. The third kappa shape index (κ3) is 4.96. The van der Waals surface area contributed by atoms with Crippen LogP contribution in [0, 0.1) is 5.92 Å². The van der Waals surface area contributed by atoms with Gasteiger partial charge in [-0.1, -0.05) is 18.2 Å². The van der Waals surface area contributed by atoms with Crippen molar-refractivity contribution >= 4 is 21.9 Å². The highest BCUT2D eigenvalue weighted by molar-refractivity contribution is 7.89. The van der Waals surface area contributed by atoms with Gasteiger partial charge in [0.2, 0.25) is 15.9 Å². The molecule has 7 nitrogen and oxygen atoms in total. The standard InChI is InChI=1S/C25H30N2O5S/c1-26(17-18-6-8-21(9-7-18)25(29)32-2)24(28)20-12-14-27(15-13-20)33(30,31)23-11-10-19-4-3-5-22(19)16-23/h6-11,16,20H,3-5,12-15,17H2,1-2H3. The van der Waals surface area contributed by atoms with Crippen molar-refractivity contribution in [1.82, 2.24) is 9.21 Å². The zero-order valence-corrected chi connectivity index (χ0v) is 19.9. The van der Waals surface area contributed by atoms with Crippen molar-refractivity contribution in [2.24, 2.45) is 5.92 Å². The van der Waals surface area contributed by atoms with E-state index in [1.54, 1.807) is 30.1 Å². The van der Waals surface area contributed by atoms with E-state index in [1.807, 2.05) is 24.3 Å². The summed E-state index contributed by atoms with van der Waals surface area (Å²) in [7, 11) is -0.452. The van der Waals surface area contributed by atoms with E-state index in [0.717, 1.165) is 30.4 Å². The molecular formula is C25H30N2O5S. The van der Waals surface area contributed by atoms with Gasteiger partial charge in [0.05, 0.1) is 17.6 Å². The molecule has 2 aromatic rings. The van der Waals surface area contributed by atoms with Crippen LogP contribution in [0.5, 0.6) is 0 Å². The van der Waals surface area contributed by atoms with E-state index < -0.39 is 16.0 Å². The van der Waals surface area contributed by atoms with Crippen molar-refractivity contribution < 1.29 is 22.7 Å². The topological polar surface area (TPSA) is 84.0 Å². The highest BCUT2D eigenvalue weighted by Crippen LogP contribution is 2.29.